The van der Waals surface area contributed by atoms with Gasteiger partial charge in [0.15, 0.2) is 0 Å². The Bertz CT molecular complexity index is 548. The molecule has 0 aliphatic carbocycles. The van der Waals surface area contributed by atoms with Crippen molar-refractivity contribution in [2.45, 2.75) is 45.3 Å². The Hall–Kier alpha value is -2.37. The third kappa shape index (κ3) is 7.44. The van der Waals surface area contributed by atoms with Crippen LogP contribution >= 0.6 is 0 Å². The first-order chi connectivity index (χ1) is 10.7. The number of hydrogen-bond acceptors (Lipinski definition) is 5. The predicted octanol–water partition coefficient (Wildman–Crippen LogP) is 1.62. The molecule has 0 saturated carbocycles. The Labute approximate surface area is 136 Å². The van der Waals surface area contributed by atoms with Crippen LogP contribution in [0.5, 0.6) is 0 Å². The number of rotatable bonds is 6. The molecule has 0 aliphatic rings. The van der Waals surface area contributed by atoms with Gasteiger partial charge in [-0.05, 0) is 26.3 Å². The van der Waals surface area contributed by atoms with Crippen molar-refractivity contribution in [2.24, 2.45) is 0 Å². The zero-order valence-electron chi connectivity index (χ0n) is 13.9. The summed E-state index contributed by atoms with van der Waals surface area (Å²) in [5, 5.41) is 2.52. The molecule has 1 atom stereocenters. The summed E-state index contributed by atoms with van der Waals surface area (Å²) in [7, 11) is 1.20. The summed E-state index contributed by atoms with van der Waals surface area (Å²) in [5.41, 5.74) is 0.150. The molecule has 1 aromatic carbocycles. The zero-order valence-corrected chi connectivity index (χ0v) is 13.9. The van der Waals surface area contributed by atoms with E-state index in [4.69, 9.17) is 4.74 Å². The Morgan fingerprint density at radius 1 is 1.13 bits per heavy atom. The SMILES string of the molecule is COC(=O)[C@H](CC(=O)OC(C)(C)C)NC(=O)Cc1ccccc1. The maximum atomic E-state index is 12.0. The molecule has 0 aliphatic heterocycles. The van der Waals surface area contributed by atoms with Crippen molar-refractivity contribution in [1.82, 2.24) is 5.32 Å². The fourth-order valence-electron chi connectivity index (χ4n) is 1.91. The minimum atomic E-state index is -1.06. The first-order valence-corrected chi connectivity index (χ1v) is 7.34. The maximum absolute atomic E-state index is 12.0. The Morgan fingerprint density at radius 2 is 1.74 bits per heavy atom. The normalized spacial score (nSPS) is 12.2. The van der Waals surface area contributed by atoms with Crippen molar-refractivity contribution >= 4 is 17.8 Å². The Morgan fingerprint density at radius 3 is 2.26 bits per heavy atom. The molecule has 0 aromatic heterocycles. The van der Waals surface area contributed by atoms with E-state index in [9.17, 15) is 14.4 Å². The molecule has 0 unspecified atom stereocenters. The summed E-state index contributed by atoms with van der Waals surface area (Å²) in [4.78, 5) is 35.6. The highest BCUT2D eigenvalue weighted by molar-refractivity contribution is 5.88. The summed E-state index contributed by atoms with van der Waals surface area (Å²) in [5.74, 6) is -1.62. The van der Waals surface area contributed by atoms with E-state index >= 15 is 0 Å². The van der Waals surface area contributed by atoms with Crippen LogP contribution in [-0.4, -0.2) is 36.6 Å². The van der Waals surface area contributed by atoms with Crippen LogP contribution in [0.15, 0.2) is 30.3 Å². The molecule has 6 heteroatoms. The van der Waals surface area contributed by atoms with Crippen molar-refractivity contribution in [1.29, 1.82) is 0 Å². The predicted molar refractivity (Wildman–Crippen MR) is 84.6 cm³/mol. The van der Waals surface area contributed by atoms with Crippen molar-refractivity contribution < 1.29 is 23.9 Å². The van der Waals surface area contributed by atoms with Gasteiger partial charge in [0.05, 0.1) is 20.0 Å². The molecule has 0 heterocycles. The molecule has 1 aromatic rings. The van der Waals surface area contributed by atoms with E-state index in [0.29, 0.717) is 0 Å². The van der Waals surface area contributed by atoms with Crippen molar-refractivity contribution in [3.63, 3.8) is 0 Å². The van der Waals surface area contributed by atoms with Gasteiger partial charge < -0.3 is 14.8 Å². The highest BCUT2D eigenvalue weighted by Gasteiger charge is 2.27. The minimum Gasteiger partial charge on any atom is -0.467 e. The lowest BCUT2D eigenvalue weighted by atomic mass is 10.1. The van der Waals surface area contributed by atoms with Crippen molar-refractivity contribution in [2.75, 3.05) is 7.11 Å². The smallest absolute Gasteiger partial charge is 0.328 e. The lowest BCUT2D eigenvalue weighted by Gasteiger charge is -2.22. The van der Waals surface area contributed by atoms with Crippen LogP contribution in [0.3, 0.4) is 0 Å². The second-order valence-electron chi connectivity index (χ2n) is 6.10. The van der Waals surface area contributed by atoms with Crippen LogP contribution in [0, 0.1) is 0 Å². The number of esters is 2. The molecule has 23 heavy (non-hydrogen) atoms. The molecule has 0 bridgehead atoms. The van der Waals surface area contributed by atoms with Crippen LogP contribution in [0.4, 0.5) is 0 Å². The van der Waals surface area contributed by atoms with Gasteiger partial charge in [-0.2, -0.15) is 0 Å². The standard InChI is InChI=1S/C17H23NO5/c1-17(2,3)23-15(20)11-13(16(21)22-4)18-14(19)10-12-8-6-5-7-9-12/h5-9,13H,10-11H2,1-4H3,(H,18,19)/t13-/m0/s1. The van der Waals surface area contributed by atoms with Crippen LogP contribution in [-0.2, 0) is 30.3 Å². The monoisotopic (exact) mass is 321 g/mol. The van der Waals surface area contributed by atoms with Gasteiger partial charge in [0.2, 0.25) is 5.91 Å². The molecule has 0 fully saturated rings. The molecule has 1 N–H and O–H groups in total. The van der Waals surface area contributed by atoms with Crippen LogP contribution in [0.1, 0.15) is 32.8 Å². The van der Waals surface area contributed by atoms with E-state index in [2.05, 4.69) is 10.1 Å². The molecule has 6 nitrogen and oxygen atoms in total. The Kier molecular flexibility index (Phi) is 6.75. The molecule has 0 saturated heterocycles. The number of carbonyl (C=O) groups excluding carboxylic acids is 3. The van der Waals surface area contributed by atoms with Crippen molar-refractivity contribution in [3.05, 3.63) is 35.9 Å². The molecule has 1 amide bonds. The molecule has 0 radical (unpaired) electrons. The second kappa shape index (κ2) is 8.31. The number of amides is 1. The van der Waals surface area contributed by atoms with Gasteiger partial charge in [-0.25, -0.2) is 4.79 Å². The topological polar surface area (TPSA) is 81.7 Å². The number of carbonyl (C=O) groups is 3. The van der Waals surface area contributed by atoms with Gasteiger partial charge in [0.1, 0.15) is 11.6 Å². The lowest BCUT2D eigenvalue weighted by molar-refractivity contribution is -0.159. The summed E-state index contributed by atoms with van der Waals surface area (Å²) in [6, 6.07) is 8.04. The van der Waals surface area contributed by atoms with E-state index in [-0.39, 0.29) is 18.7 Å². The van der Waals surface area contributed by atoms with E-state index in [1.54, 1.807) is 32.9 Å². The zero-order chi connectivity index (χ0) is 17.5. The summed E-state index contributed by atoms with van der Waals surface area (Å²) in [6.45, 7) is 5.18. The van der Waals surface area contributed by atoms with Crippen molar-refractivity contribution in [3.8, 4) is 0 Å². The fraction of sp³-hybridized carbons (Fsp3) is 0.471. The average molecular weight is 321 g/mol. The largest absolute Gasteiger partial charge is 0.467 e. The number of hydrogen-bond donors (Lipinski definition) is 1. The first-order valence-electron chi connectivity index (χ1n) is 7.34. The summed E-state index contributed by atoms with van der Waals surface area (Å²) < 4.78 is 9.80. The number of benzene rings is 1. The molecule has 0 spiro atoms. The van der Waals surface area contributed by atoms with Gasteiger partial charge in [0.25, 0.3) is 0 Å². The number of ether oxygens (including phenoxy) is 2. The quantitative estimate of drug-likeness (QED) is 0.805. The van der Waals surface area contributed by atoms with Gasteiger partial charge in [-0.3, -0.25) is 9.59 Å². The Balaban J connectivity index is 2.66. The highest BCUT2D eigenvalue weighted by Crippen LogP contribution is 2.10. The maximum Gasteiger partial charge on any atom is 0.328 e. The first kappa shape index (κ1) is 18.7. The highest BCUT2D eigenvalue weighted by atomic mass is 16.6. The van der Waals surface area contributed by atoms with E-state index in [1.807, 2.05) is 18.2 Å². The van der Waals surface area contributed by atoms with E-state index in [1.165, 1.54) is 7.11 Å². The van der Waals surface area contributed by atoms with E-state index < -0.39 is 23.6 Å². The fourth-order valence-corrected chi connectivity index (χ4v) is 1.91. The summed E-state index contributed by atoms with van der Waals surface area (Å²) >= 11 is 0. The molecule has 126 valence electrons. The van der Waals surface area contributed by atoms with Gasteiger partial charge in [-0.1, -0.05) is 30.3 Å². The third-order valence-corrected chi connectivity index (χ3v) is 2.82. The van der Waals surface area contributed by atoms with Gasteiger partial charge in [0, 0.05) is 0 Å². The number of methoxy groups -OCH3 is 1. The molecular weight excluding hydrogens is 298 g/mol. The van der Waals surface area contributed by atoms with E-state index in [0.717, 1.165) is 5.56 Å². The van der Waals surface area contributed by atoms with Crippen LogP contribution < -0.4 is 5.32 Å². The molecular formula is C17H23NO5. The lowest BCUT2D eigenvalue weighted by Crippen LogP contribution is -2.44. The van der Waals surface area contributed by atoms with Crippen LogP contribution in [0.2, 0.25) is 0 Å². The van der Waals surface area contributed by atoms with Gasteiger partial charge in [-0.15, -0.1) is 0 Å². The van der Waals surface area contributed by atoms with Gasteiger partial charge >= 0.3 is 11.9 Å². The summed E-state index contributed by atoms with van der Waals surface area (Å²) in [6.07, 6.45) is -0.160. The minimum absolute atomic E-state index is 0.114. The second-order valence-corrected chi connectivity index (χ2v) is 6.10. The van der Waals surface area contributed by atoms with Crippen LogP contribution in [0.25, 0.3) is 0 Å². The third-order valence-electron chi connectivity index (χ3n) is 2.82. The molecule has 1 rings (SSSR count). The number of nitrogens with one attached hydrogen (secondary N) is 1. The average Bonchev–Trinajstić information content (AvgIpc) is 2.44.